The van der Waals surface area contributed by atoms with Crippen LogP contribution in [-0.4, -0.2) is 43.3 Å². The van der Waals surface area contributed by atoms with Gasteiger partial charge in [-0.3, -0.25) is 14.4 Å². The molecule has 1 N–H and O–H groups in total. The van der Waals surface area contributed by atoms with Crippen LogP contribution in [0.15, 0.2) is 66.7 Å². The first-order chi connectivity index (χ1) is 16.5. The Bertz CT molecular complexity index is 1280. The van der Waals surface area contributed by atoms with Gasteiger partial charge < -0.3 is 19.5 Å². The molecule has 1 aliphatic rings. The summed E-state index contributed by atoms with van der Waals surface area (Å²) in [5, 5.41) is 2.57. The van der Waals surface area contributed by atoms with Crippen LogP contribution in [0.1, 0.15) is 38.8 Å². The largest absolute Gasteiger partial charge is 0.490 e. The summed E-state index contributed by atoms with van der Waals surface area (Å²) < 4.78 is 15.8. The fourth-order valence-corrected chi connectivity index (χ4v) is 3.54. The molecule has 4 rings (SSSR count). The molecule has 0 unspecified atom stereocenters. The van der Waals surface area contributed by atoms with Gasteiger partial charge in [-0.2, -0.15) is 0 Å². The molecule has 0 heterocycles. The maximum atomic E-state index is 12.8. The van der Waals surface area contributed by atoms with E-state index in [9.17, 15) is 19.2 Å². The zero-order valence-electron chi connectivity index (χ0n) is 18.3. The molecule has 0 aromatic heterocycles. The number of fused-ring (bicyclic) bond motifs is 2. The summed E-state index contributed by atoms with van der Waals surface area (Å²) in [7, 11) is 0. The Morgan fingerprint density at radius 3 is 2.00 bits per heavy atom. The average molecular weight is 459 g/mol. The van der Waals surface area contributed by atoms with Crippen LogP contribution in [0.2, 0.25) is 0 Å². The molecular weight excluding hydrogens is 438 g/mol. The van der Waals surface area contributed by atoms with E-state index in [2.05, 4.69) is 5.32 Å². The second kappa shape index (κ2) is 9.99. The summed E-state index contributed by atoms with van der Waals surface area (Å²) >= 11 is 0. The monoisotopic (exact) mass is 459 g/mol. The molecule has 8 heteroatoms. The number of amides is 1. The Morgan fingerprint density at radius 2 is 1.32 bits per heavy atom. The van der Waals surface area contributed by atoms with Crippen molar-refractivity contribution in [2.24, 2.45) is 0 Å². The van der Waals surface area contributed by atoms with Gasteiger partial charge in [0.25, 0.3) is 5.91 Å². The summed E-state index contributed by atoms with van der Waals surface area (Å²) in [6.07, 6.45) is 0. The first-order valence-corrected chi connectivity index (χ1v) is 10.6. The van der Waals surface area contributed by atoms with E-state index in [1.54, 1.807) is 48.5 Å². The van der Waals surface area contributed by atoms with Crippen molar-refractivity contribution in [1.82, 2.24) is 0 Å². The predicted molar refractivity (Wildman–Crippen MR) is 122 cm³/mol. The highest BCUT2D eigenvalue weighted by Crippen LogP contribution is 2.29. The lowest BCUT2D eigenvalue weighted by atomic mass is 9.84. The van der Waals surface area contributed by atoms with Gasteiger partial charge in [0.05, 0.1) is 6.61 Å². The molecule has 0 radical (unpaired) electrons. The van der Waals surface area contributed by atoms with Crippen LogP contribution in [0.5, 0.6) is 11.5 Å². The van der Waals surface area contributed by atoms with Crippen molar-refractivity contribution >= 4 is 29.1 Å². The maximum Gasteiger partial charge on any atom is 0.344 e. The normalized spacial score (nSPS) is 11.8. The molecule has 0 aliphatic heterocycles. The van der Waals surface area contributed by atoms with Gasteiger partial charge in [-0.15, -0.1) is 0 Å². The van der Waals surface area contributed by atoms with Crippen LogP contribution in [0.3, 0.4) is 0 Å². The topological polar surface area (TPSA) is 108 Å². The average Bonchev–Trinajstić information content (AvgIpc) is 2.85. The van der Waals surface area contributed by atoms with Gasteiger partial charge in [-0.1, -0.05) is 36.4 Å². The first kappa shape index (κ1) is 22.7. The zero-order valence-corrected chi connectivity index (χ0v) is 18.3. The Balaban J connectivity index is 1.33. The van der Waals surface area contributed by atoms with E-state index in [1.165, 1.54) is 18.2 Å². The lowest BCUT2D eigenvalue weighted by molar-refractivity contribution is -0.149. The van der Waals surface area contributed by atoms with Crippen LogP contribution >= 0.6 is 0 Å². The number of carbonyl (C=O) groups excluding carboxylic acids is 4. The summed E-state index contributed by atoms with van der Waals surface area (Å²) in [6, 6.07) is 18.0. The van der Waals surface area contributed by atoms with Gasteiger partial charge >= 0.3 is 5.97 Å². The lowest BCUT2D eigenvalue weighted by Crippen LogP contribution is -2.24. The highest BCUT2D eigenvalue weighted by Gasteiger charge is 2.29. The fourth-order valence-electron chi connectivity index (χ4n) is 3.54. The van der Waals surface area contributed by atoms with E-state index < -0.39 is 25.1 Å². The summed E-state index contributed by atoms with van der Waals surface area (Å²) in [5.74, 6) is -0.985. The summed E-state index contributed by atoms with van der Waals surface area (Å²) in [5.41, 5.74) is 1.47. The predicted octanol–water partition coefficient (Wildman–Crippen LogP) is 3.42. The van der Waals surface area contributed by atoms with Crippen molar-refractivity contribution in [1.29, 1.82) is 0 Å². The SMILES string of the molecule is CCOc1ccccc1OCC(=O)OCC(=O)Nc1ccc2c(c1)C(=O)c1ccccc1C2=O. The number of anilines is 1. The molecule has 1 aliphatic carbocycles. The van der Waals surface area contributed by atoms with Crippen LogP contribution in [0.4, 0.5) is 5.69 Å². The zero-order chi connectivity index (χ0) is 24.1. The van der Waals surface area contributed by atoms with Crippen LogP contribution < -0.4 is 14.8 Å². The molecule has 8 nitrogen and oxygen atoms in total. The van der Waals surface area contributed by atoms with Gasteiger partial charge in [0, 0.05) is 27.9 Å². The molecule has 34 heavy (non-hydrogen) atoms. The van der Waals surface area contributed by atoms with Crippen molar-refractivity contribution in [2.75, 3.05) is 25.1 Å². The number of benzene rings is 3. The van der Waals surface area contributed by atoms with E-state index >= 15 is 0 Å². The number of rotatable bonds is 8. The molecule has 172 valence electrons. The molecule has 3 aromatic carbocycles. The fraction of sp³-hybridized carbons (Fsp3) is 0.154. The van der Waals surface area contributed by atoms with Gasteiger partial charge in [-0.25, -0.2) is 4.79 Å². The minimum Gasteiger partial charge on any atom is -0.490 e. The number of carbonyl (C=O) groups is 4. The number of hydrogen-bond donors (Lipinski definition) is 1. The third-order valence-corrected chi connectivity index (χ3v) is 5.07. The lowest BCUT2D eigenvalue weighted by Gasteiger charge is -2.18. The third-order valence-electron chi connectivity index (χ3n) is 5.07. The standard InChI is InChI=1S/C26H21NO7/c1-2-32-21-9-5-6-10-22(21)33-15-24(29)34-14-23(28)27-16-11-12-19-20(13-16)26(31)18-8-4-3-7-17(18)25(19)30/h3-13H,2,14-15H2,1H3,(H,27,28). The minimum atomic E-state index is -0.732. The molecule has 0 atom stereocenters. The Labute approximate surface area is 195 Å². The molecule has 0 fully saturated rings. The third kappa shape index (κ3) is 4.80. The quantitative estimate of drug-likeness (QED) is 0.402. The molecule has 0 spiro atoms. The Kier molecular flexibility index (Phi) is 6.68. The number of hydrogen-bond acceptors (Lipinski definition) is 7. The van der Waals surface area contributed by atoms with E-state index in [-0.39, 0.29) is 22.7 Å². The number of para-hydroxylation sites is 2. The van der Waals surface area contributed by atoms with Crippen LogP contribution in [0.25, 0.3) is 0 Å². The van der Waals surface area contributed by atoms with Crippen LogP contribution in [-0.2, 0) is 14.3 Å². The van der Waals surface area contributed by atoms with Gasteiger partial charge in [0.1, 0.15) is 0 Å². The first-order valence-electron chi connectivity index (χ1n) is 10.6. The maximum absolute atomic E-state index is 12.8. The molecule has 0 bridgehead atoms. The highest BCUT2D eigenvalue weighted by molar-refractivity contribution is 6.28. The minimum absolute atomic E-state index is 0.208. The molecule has 1 amide bonds. The smallest absolute Gasteiger partial charge is 0.344 e. The number of ether oxygens (including phenoxy) is 3. The van der Waals surface area contributed by atoms with Crippen molar-refractivity contribution in [3.05, 3.63) is 89.0 Å². The second-order valence-electron chi connectivity index (χ2n) is 7.34. The number of esters is 1. The second-order valence-corrected chi connectivity index (χ2v) is 7.34. The van der Waals surface area contributed by atoms with E-state index in [0.717, 1.165) is 0 Å². The van der Waals surface area contributed by atoms with E-state index in [4.69, 9.17) is 14.2 Å². The molecule has 0 saturated carbocycles. The number of nitrogens with one attached hydrogen (secondary N) is 1. The Hall–Kier alpha value is -4.46. The molecule has 3 aromatic rings. The van der Waals surface area contributed by atoms with Gasteiger partial charge in [0.2, 0.25) is 0 Å². The van der Waals surface area contributed by atoms with E-state index in [0.29, 0.717) is 34.9 Å². The highest BCUT2D eigenvalue weighted by atomic mass is 16.6. The Morgan fingerprint density at radius 1 is 0.735 bits per heavy atom. The summed E-state index contributed by atoms with van der Waals surface area (Å²) in [6.45, 7) is 1.34. The van der Waals surface area contributed by atoms with E-state index in [1.807, 2.05) is 6.92 Å². The number of ketones is 2. The molecule has 0 saturated heterocycles. The van der Waals surface area contributed by atoms with Crippen molar-refractivity contribution in [3.8, 4) is 11.5 Å². The summed E-state index contributed by atoms with van der Waals surface area (Å²) in [4.78, 5) is 49.7. The van der Waals surface area contributed by atoms with Crippen molar-refractivity contribution < 1.29 is 33.4 Å². The van der Waals surface area contributed by atoms with Crippen molar-refractivity contribution in [2.45, 2.75) is 6.92 Å². The van der Waals surface area contributed by atoms with Crippen LogP contribution in [0, 0.1) is 0 Å². The van der Waals surface area contributed by atoms with Gasteiger partial charge in [-0.05, 0) is 37.3 Å². The van der Waals surface area contributed by atoms with Gasteiger partial charge in [0.15, 0.2) is 36.3 Å². The van der Waals surface area contributed by atoms with Crippen molar-refractivity contribution in [3.63, 3.8) is 0 Å². The molecular formula is C26H21NO7.